The van der Waals surface area contributed by atoms with Crippen LogP contribution in [0.25, 0.3) is 0 Å². The smallest absolute Gasteiger partial charge is 0.338 e. The summed E-state index contributed by atoms with van der Waals surface area (Å²) in [6.07, 6.45) is -45.7. The van der Waals surface area contributed by atoms with E-state index in [1.54, 1.807) is 60.7 Å². The molecule has 5 heterocycles. The van der Waals surface area contributed by atoms with Gasteiger partial charge in [-0.2, -0.15) is 0 Å². The number of ether oxygens (including phenoxy) is 19. The van der Waals surface area contributed by atoms with Gasteiger partial charge in [0.1, 0.15) is 37.1 Å². The fourth-order valence-electron chi connectivity index (χ4n) is 13.0. The van der Waals surface area contributed by atoms with Crippen molar-refractivity contribution >= 4 is 59.7 Å². The number of hydrogen-bond acceptors (Lipinski definition) is 32. The molecule has 5 aliphatic rings. The number of benzene rings is 6. The van der Waals surface area contributed by atoms with Gasteiger partial charge in [0.05, 0.1) is 58.3 Å². The number of hydrogen-bond donors (Lipinski definition) is 3. The van der Waals surface area contributed by atoms with Crippen LogP contribution < -0.4 is 0 Å². The van der Waals surface area contributed by atoms with Crippen molar-refractivity contribution in [3.8, 4) is 0 Å². The Morgan fingerprint density at radius 2 is 0.613 bits per heavy atom. The van der Waals surface area contributed by atoms with Gasteiger partial charge in [0, 0.05) is 27.7 Å². The first-order chi connectivity index (χ1) is 53.3. The fraction of sp³-hybridized carbons (Fsp3) is 0.418. The molecule has 32 nitrogen and oxygen atoms in total. The van der Waals surface area contributed by atoms with E-state index in [1.807, 2.05) is 0 Å². The minimum absolute atomic E-state index is 0.0324. The number of carbonyl (C=O) groups excluding carboxylic acids is 10. The Bertz CT molecular complexity index is 4150. The Morgan fingerprint density at radius 3 is 0.973 bits per heavy atom. The Morgan fingerprint density at radius 1 is 0.306 bits per heavy atom. The number of esters is 10. The molecule has 5 aliphatic heterocycles. The van der Waals surface area contributed by atoms with Crippen LogP contribution in [0.3, 0.4) is 0 Å². The molecule has 5 saturated heterocycles. The highest BCUT2D eigenvalue weighted by Gasteiger charge is 2.61. The van der Waals surface area contributed by atoms with Crippen LogP contribution in [0, 0.1) is 0 Å². The SMILES string of the molecule is CC(=O)OC[C@H]1O[C@@H](O[C@@H]2CO[C@@H](O[C@@H]3[C@@H](O)[C@@H](O)O[C@H](C)[C@H]3O)[C@H](O[C@@H]3O[C@H](C)[C@@H](OC(=O)c4ccccc4)[C@H](OC(=O)c4ccccc4)[C@H]3OC(=O)c3ccccc3)[C@@H]2OC(C)=O)[C@H](O[C@@H]2O[C@H](C)[C@H](OC(=O)c3ccccc3)[C@H](OC(=O)c3ccccc3)[C@H]2OC(=O)c2ccccc2)[C@@H](OC(C)=O)[C@H]1OC(C)=O. The standard InChI is InChI=1S/C79H82O32/c1-40-55(84)61(56(85)75(92)95-40)109-76-65(110-77-66(107-73(90)51-34-22-12-23-35-51)62(105-71(88)49-30-18-10-19-31-49)57(41(2)96-77)103-69(86)47-26-14-8-15-27-47)60(99-45(6)82)54(39-94-76)102-79-68(64(100-46(7)83)59(98-44(5)81)53(101-79)38-93-43(4)80)111-78-67(108-74(91)52-36-24-13-25-37-52)63(106-72(89)50-32-20-11-21-33-50)58(42(3)97-78)104-70(87)48-28-16-9-17-29-48/h8-37,40-42,53-68,75-79,84-85,92H,38-39H2,1-7H3/t40-,41-,42-,53-,54-,55-,56-,57-,58+,59+,60-,61+,62+,63+,64+,65-,66-,67-,68-,75+,76+,77+,78+,79+/m1/s1. The van der Waals surface area contributed by atoms with E-state index >= 15 is 0 Å². The maximum Gasteiger partial charge on any atom is 0.338 e. The van der Waals surface area contributed by atoms with Crippen molar-refractivity contribution in [2.75, 3.05) is 13.2 Å². The molecule has 590 valence electrons. The van der Waals surface area contributed by atoms with Gasteiger partial charge >= 0.3 is 59.7 Å². The summed E-state index contributed by atoms with van der Waals surface area (Å²) in [6, 6.07) is 45.2. The second-order valence-electron chi connectivity index (χ2n) is 26.3. The van der Waals surface area contributed by atoms with E-state index in [0.717, 1.165) is 27.7 Å². The minimum atomic E-state index is -2.22. The number of carbonyl (C=O) groups is 10. The molecule has 11 rings (SSSR count). The van der Waals surface area contributed by atoms with Crippen molar-refractivity contribution < 1.29 is 153 Å². The van der Waals surface area contributed by atoms with Crippen LogP contribution in [-0.2, 0) is 109 Å². The van der Waals surface area contributed by atoms with Gasteiger partial charge in [-0.1, -0.05) is 109 Å². The average Bonchev–Trinajstić information content (AvgIpc) is 0.759. The molecular weight excluding hydrogens is 1460 g/mol. The lowest BCUT2D eigenvalue weighted by atomic mass is 9.96. The lowest BCUT2D eigenvalue weighted by molar-refractivity contribution is -0.396. The van der Waals surface area contributed by atoms with Gasteiger partial charge in [-0.25, -0.2) is 28.8 Å². The van der Waals surface area contributed by atoms with Crippen LogP contribution in [-0.4, -0.2) is 236 Å². The topological polar surface area (TPSA) is 407 Å². The first kappa shape index (κ1) is 81.5. The van der Waals surface area contributed by atoms with E-state index < -0.39 is 220 Å². The van der Waals surface area contributed by atoms with Crippen LogP contribution in [0.2, 0.25) is 0 Å². The molecule has 0 amide bonds. The maximum atomic E-state index is 14.7. The summed E-state index contributed by atoms with van der Waals surface area (Å²) in [5.74, 6) is -10.3. The summed E-state index contributed by atoms with van der Waals surface area (Å²) in [5.41, 5.74) is -0.153. The average molecular weight is 1540 g/mol. The highest BCUT2D eigenvalue weighted by atomic mass is 16.8. The first-order valence-corrected chi connectivity index (χ1v) is 35.4. The Balaban J connectivity index is 1.05. The molecule has 0 aliphatic carbocycles. The summed E-state index contributed by atoms with van der Waals surface area (Å²) in [5, 5.41) is 34.3. The molecule has 0 spiro atoms. The van der Waals surface area contributed by atoms with Crippen molar-refractivity contribution in [3.63, 3.8) is 0 Å². The third-order valence-electron chi connectivity index (χ3n) is 18.3. The second-order valence-corrected chi connectivity index (χ2v) is 26.3. The van der Waals surface area contributed by atoms with Crippen molar-refractivity contribution in [2.24, 2.45) is 0 Å². The molecule has 111 heavy (non-hydrogen) atoms. The maximum absolute atomic E-state index is 14.7. The van der Waals surface area contributed by atoms with Crippen molar-refractivity contribution in [3.05, 3.63) is 215 Å². The monoisotopic (exact) mass is 1540 g/mol. The lowest BCUT2D eigenvalue weighted by Crippen LogP contribution is -2.68. The fourth-order valence-corrected chi connectivity index (χ4v) is 13.0. The van der Waals surface area contributed by atoms with E-state index in [9.17, 15) is 63.3 Å². The largest absolute Gasteiger partial charge is 0.463 e. The number of aliphatic hydroxyl groups excluding tert-OH is 3. The number of aliphatic hydroxyl groups is 3. The van der Waals surface area contributed by atoms with Gasteiger partial charge in [-0.05, 0) is 93.6 Å². The Kier molecular flexibility index (Phi) is 27.5. The van der Waals surface area contributed by atoms with Crippen LogP contribution in [0.4, 0.5) is 0 Å². The second kappa shape index (κ2) is 37.5. The van der Waals surface area contributed by atoms with Crippen LogP contribution >= 0.6 is 0 Å². The van der Waals surface area contributed by atoms with Crippen molar-refractivity contribution in [1.29, 1.82) is 0 Å². The zero-order valence-corrected chi connectivity index (χ0v) is 60.8. The van der Waals surface area contributed by atoms with Gasteiger partial charge in [0.15, 0.2) is 98.6 Å². The molecule has 0 unspecified atom stereocenters. The zero-order chi connectivity index (χ0) is 79.2. The van der Waals surface area contributed by atoms with Crippen molar-refractivity contribution in [2.45, 2.75) is 196 Å². The van der Waals surface area contributed by atoms with E-state index in [-0.39, 0.29) is 33.4 Å². The van der Waals surface area contributed by atoms with Gasteiger partial charge in [0.25, 0.3) is 0 Å². The van der Waals surface area contributed by atoms with E-state index in [0.29, 0.717) is 0 Å². The molecule has 32 heteroatoms. The summed E-state index contributed by atoms with van der Waals surface area (Å²) in [4.78, 5) is 141. The van der Waals surface area contributed by atoms with Crippen molar-refractivity contribution in [1.82, 2.24) is 0 Å². The third kappa shape index (κ3) is 20.4. The van der Waals surface area contributed by atoms with E-state index in [2.05, 4.69) is 0 Å². The van der Waals surface area contributed by atoms with Gasteiger partial charge in [0.2, 0.25) is 0 Å². The highest BCUT2D eigenvalue weighted by Crippen LogP contribution is 2.41. The summed E-state index contributed by atoms with van der Waals surface area (Å²) < 4.78 is 120. The minimum Gasteiger partial charge on any atom is -0.463 e. The highest BCUT2D eigenvalue weighted by molar-refractivity contribution is 5.93. The third-order valence-corrected chi connectivity index (χ3v) is 18.3. The summed E-state index contributed by atoms with van der Waals surface area (Å²) in [7, 11) is 0. The molecule has 5 fully saturated rings. The lowest BCUT2D eigenvalue weighted by Gasteiger charge is -2.50. The number of rotatable bonds is 25. The Labute approximate surface area is 635 Å². The first-order valence-electron chi connectivity index (χ1n) is 35.4. The Hall–Kier alpha value is -10.5. The van der Waals surface area contributed by atoms with E-state index in [1.165, 1.54) is 142 Å². The van der Waals surface area contributed by atoms with Crippen LogP contribution in [0.15, 0.2) is 182 Å². The normalized spacial score (nSPS) is 31.1. The quantitative estimate of drug-likeness (QED) is 0.0485. The summed E-state index contributed by atoms with van der Waals surface area (Å²) in [6.45, 7) is 6.38. The van der Waals surface area contributed by atoms with Crippen LogP contribution in [0.1, 0.15) is 111 Å². The summed E-state index contributed by atoms with van der Waals surface area (Å²) >= 11 is 0. The zero-order valence-electron chi connectivity index (χ0n) is 60.8. The molecule has 0 radical (unpaired) electrons. The molecule has 24 atom stereocenters. The molecule has 6 aromatic rings. The van der Waals surface area contributed by atoms with Gasteiger partial charge in [-0.15, -0.1) is 0 Å². The molecule has 0 bridgehead atoms. The van der Waals surface area contributed by atoms with Gasteiger partial charge < -0.3 is 105 Å². The predicted molar refractivity (Wildman–Crippen MR) is 372 cm³/mol. The van der Waals surface area contributed by atoms with E-state index in [4.69, 9.17) is 90.0 Å². The molecule has 0 aromatic heterocycles. The molecule has 0 saturated carbocycles. The molecule has 6 aromatic carbocycles. The van der Waals surface area contributed by atoms with Gasteiger partial charge in [-0.3, -0.25) is 19.2 Å². The van der Waals surface area contributed by atoms with Crippen LogP contribution in [0.5, 0.6) is 0 Å². The molecule has 3 N–H and O–H groups in total. The molecular formula is C79H82O32. The predicted octanol–water partition coefficient (Wildman–Crippen LogP) is 5.27.